The molecular formula is C9H11NO4. The van der Waals surface area contributed by atoms with Crippen molar-refractivity contribution >= 4 is 11.9 Å². The van der Waals surface area contributed by atoms with Gasteiger partial charge in [0.1, 0.15) is 0 Å². The van der Waals surface area contributed by atoms with Gasteiger partial charge in [-0.25, -0.2) is 4.79 Å². The van der Waals surface area contributed by atoms with Gasteiger partial charge < -0.3 is 14.5 Å². The summed E-state index contributed by atoms with van der Waals surface area (Å²) < 4.78 is 9.53. The van der Waals surface area contributed by atoms with Gasteiger partial charge in [0, 0.05) is 13.1 Å². The average molecular weight is 197 g/mol. The van der Waals surface area contributed by atoms with E-state index in [1.54, 1.807) is 6.92 Å². The Kier molecular flexibility index (Phi) is 3.28. The number of hydrogen-bond donors (Lipinski definition) is 1. The van der Waals surface area contributed by atoms with Crippen molar-refractivity contribution in [3.63, 3.8) is 0 Å². The molecule has 0 atom stereocenters. The summed E-state index contributed by atoms with van der Waals surface area (Å²) >= 11 is 0. The highest BCUT2D eigenvalue weighted by atomic mass is 16.5. The Hall–Kier alpha value is -1.78. The molecule has 5 heteroatoms. The molecule has 76 valence electrons. The van der Waals surface area contributed by atoms with E-state index in [4.69, 9.17) is 9.47 Å². The van der Waals surface area contributed by atoms with Gasteiger partial charge in [-0.15, -0.1) is 0 Å². The van der Waals surface area contributed by atoms with E-state index in [0.717, 1.165) is 0 Å². The lowest BCUT2D eigenvalue weighted by molar-refractivity contribution is -0.131. The Morgan fingerprint density at radius 2 is 2.21 bits per heavy atom. The van der Waals surface area contributed by atoms with E-state index in [0.29, 0.717) is 0 Å². The van der Waals surface area contributed by atoms with Gasteiger partial charge in [0.05, 0.1) is 6.61 Å². The number of carbonyl (C=O) groups is 2. The summed E-state index contributed by atoms with van der Waals surface area (Å²) in [6.45, 7) is 3.24. The molecule has 0 aromatic carbocycles. The molecule has 1 rings (SSSR count). The molecule has 1 aromatic heterocycles. The highest BCUT2D eigenvalue weighted by Gasteiger charge is 2.15. The summed E-state index contributed by atoms with van der Waals surface area (Å²) in [6.07, 6.45) is 1.50. The Labute approximate surface area is 81.0 Å². The van der Waals surface area contributed by atoms with Gasteiger partial charge in [-0.2, -0.15) is 0 Å². The van der Waals surface area contributed by atoms with Crippen LogP contribution in [0.4, 0.5) is 0 Å². The summed E-state index contributed by atoms with van der Waals surface area (Å²) in [6, 6.07) is 1.49. The van der Waals surface area contributed by atoms with Crippen molar-refractivity contribution in [1.29, 1.82) is 0 Å². The highest BCUT2D eigenvalue weighted by molar-refractivity contribution is 5.91. The van der Waals surface area contributed by atoms with Crippen LogP contribution in [0.5, 0.6) is 5.75 Å². The molecule has 0 saturated heterocycles. The van der Waals surface area contributed by atoms with Crippen LogP contribution in [0.1, 0.15) is 24.3 Å². The fourth-order valence-corrected chi connectivity index (χ4v) is 0.958. The predicted molar refractivity (Wildman–Crippen MR) is 48.1 cm³/mol. The zero-order chi connectivity index (χ0) is 10.6. The van der Waals surface area contributed by atoms with Crippen LogP contribution in [0.3, 0.4) is 0 Å². The monoisotopic (exact) mass is 197 g/mol. The summed E-state index contributed by atoms with van der Waals surface area (Å²) in [4.78, 5) is 24.6. The maximum absolute atomic E-state index is 11.3. The van der Waals surface area contributed by atoms with Gasteiger partial charge in [0.15, 0.2) is 11.4 Å². The molecule has 0 radical (unpaired) electrons. The first-order chi connectivity index (χ1) is 6.65. The molecule has 1 heterocycles. The van der Waals surface area contributed by atoms with Gasteiger partial charge in [0.25, 0.3) is 0 Å². The van der Waals surface area contributed by atoms with Crippen molar-refractivity contribution in [2.75, 3.05) is 6.61 Å². The number of esters is 2. The summed E-state index contributed by atoms with van der Waals surface area (Å²) in [5.74, 6) is -0.820. The van der Waals surface area contributed by atoms with E-state index in [9.17, 15) is 9.59 Å². The van der Waals surface area contributed by atoms with Gasteiger partial charge >= 0.3 is 11.9 Å². The molecule has 0 unspecified atom stereocenters. The standard InChI is InChI=1S/C9H11NO4/c1-3-13-9(12)8-7(4-5-10-8)14-6(2)11/h4-5,10H,3H2,1-2H3. The quantitative estimate of drug-likeness (QED) is 0.737. The molecule has 0 saturated carbocycles. The molecule has 0 spiro atoms. The first-order valence-electron chi connectivity index (χ1n) is 4.18. The topological polar surface area (TPSA) is 68.4 Å². The van der Waals surface area contributed by atoms with Gasteiger partial charge in [-0.1, -0.05) is 0 Å². The number of H-pyrrole nitrogens is 1. The summed E-state index contributed by atoms with van der Waals surface area (Å²) in [5.41, 5.74) is 0.155. The van der Waals surface area contributed by atoms with E-state index in [1.807, 2.05) is 0 Å². The molecule has 0 amide bonds. The first kappa shape index (κ1) is 10.3. The molecule has 0 fully saturated rings. The highest BCUT2D eigenvalue weighted by Crippen LogP contribution is 2.17. The van der Waals surface area contributed by atoms with Crippen LogP contribution in [-0.2, 0) is 9.53 Å². The zero-order valence-electron chi connectivity index (χ0n) is 7.99. The van der Waals surface area contributed by atoms with E-state index >= 15 is 0 Å². The SMILES string of the molecule is CCOC(=O)c1[nH]ccc1OC(C)=O. The number of aromatic nitrogens is 1. The lowest BCUT2D eigenvalue weighted by atomic mass is 10.4. The Morgan fingerprint density at radius 1 is 1.50 bits per heavy atom. The number of nitrogens with one attached hydrogen (secondary N) is 1. The second kappa shape index (κ2) is 4.45. The van der Waals surface area contributed by atoms with Crippen LogP contribution in [-0.4, -0.2) is 23.5 Å². The summed E-state index contributed by atoms with van der Waals surface area (Å²) in [7, 11) is 0. The minimum absolute atomic E-state index is 0.155. The van der Waals surface area contributed by atoms with Gasteiger partial charge in [0.2, 0.25) is 0 Å². The van der Waals surface area contributed by atoms with Crippen molar-refractivity contribution in [1.82, 2.24) is 4.98 Å². The number of ether oxygens (including phenoxy) is 2. The lowest BCUT2D eigenvalue weighted by Crippen LogP contribution is -2.09. The van der Waals surface area contributed by atoms with Crippen molar-refractivity contribution in [2.24, 2.45) is 0 Å². The Morgan fingerprint density at radius 3 is 2.79 bits per heavy atom. The first-order valence-corrected chi connectivity index (χ1v) is 4.18. The second-order valence-electron chi connectivity index (χ2n) is 2.53. The molecule has 5 nitrogen and oxygen atoms in total. The fraction of sp³-hybridized carbons (Fsp3) is 0.333. The van der Waals surface area contributed by atoms with E-state index in [-0.39, 0.29) is 18.1 Å². The average Bonchev–Trinajstić information content (AvgIpc) is 2.51. The van der Waals surface area contributed by atoms with Crippen molar-refractivity contribution < 1.29 is 19.1 Å². The van der Waals surface area contributed by atoms with E-state index < -0.39 is 11.9 Å². The molecule has 0 aliphatic rings. The number of hydrogen-bond acceptors (Lipinski definition) is 4. The van der Waals surface area contributed by atoms with Crippen LogP contribution in [0.25, 0.3) is 0 Å². The van der Waals surface area contributed by atoms with E-state index in [1.165, 1.54) is 19.2 Å². The predicted octanol–water partition coefficient (Wildman–Crippen LogP) is 1.12. The number of rotatable bonds is 3. The zero-order valence-corrected chi connectivity index (χ0v) is 7.99. The van der Waals surface area contributed by atoms with Crippen molar-refractivity contribution in [2.45, 2.75) is 13.8 Å². The van der Waals surface area contributed by atoms with Crippen molar-refractivity contribution in [3.8, 4) is 5.75 Å². The molecule has 14 heavy (non-hydrogen) atoms. The Balaban J connectivity index is 2.81. The maximum atomic E-state index is 11.3. The van der Waals surface area contributed by atoms with Gasteiger partial charge in [-0.05, 0) is 13.0 Å². The van der Waals surface area contributed by atoms with Crippen molar-refractivity contribution in [3.05, 3.63) is 18.0 Å². The normalized spacial score (nSPS) is 9.57. The van der Waals surface area contributed by atoms with Crippen LogP contribution in [0.15, 0.2) is 12.3 Å². The fourth-order valence-electron chi connectivity index (χ4n) is 0.958. The molecule has 1 aromatic rings. The molecule has 0 bridgehead atoms. The molecule has 0 aliphatic carbocycles. The number of carbonyl (C=O) groups excluding carboxylic acids is 2. The lowest BCUT2D eigenvalue weighted by Gasteiger charge is -2.02. The third kappa shape index (κ3) is 2.35. The second-order valence-corrected chi connectivity index (χ2v) is 2.53. The Bertz CT molecular complexity index is 342. The minimum Gasteiger partial charge on any atom is -0.461 e. The van der Waals surface area contributed by atoms with E-state index in [2.05, 4.69) is 4.98 Å². The minimum atomic E-state index is -0.534. The third-order valence-electron chi connectivity index (χ3n) is 1.44. The number of aromatic amines is 1. The molecular weight excluding hydrogens is 186 g/mol. The molecule has 1 N–H and O–H groups in total. The van der Waals surface area contributed by atoms with Gasteiger partial charge in [-0.3, -0.25) is 4.79 Å². The molecule has 0 aliphatic heterocycles. The smallest absolute Gasteiger partial charge is 0.358 e. The van der Waals surface area contributed by atoms with Crippen LogP contribution in [0.2, 0.25) is 0 Å². The largest absolute Gasteiger partial charge is 0.461 e. The van der Waals surface area contributed by atoms with Crippen LogP contribution < -0.4 is 4.74 Å². The summed E-state index contributed by atoms with van der Waals surface area (Å²) in [5, 5.41) is 0. The van der Waals surface area contributed by atoms with Crippen LogP contribution in [0, 0.1) is 0 Å². The third-order valence-corrected chi connectivity index (χ3v) is 1.44. The van der Waals surface area contributed by atoms with Crippen LogP contribution >= 0.6 is 0 Å². The maximum Gasteiger partial charge on any atom is 0.358 e.